The first-order valence-electron chi connectivity index (χ1n) is 13.6. The van der Waals surface area contributed by atoms with E-state index in [2.05, 4.69) is 133 Å². The van der Waals surface area contributed by atoms with Crippen molar-refractivity contribution in [1.29, 1.82) is 0 Å². The molecule has 0 saturated carbocycles. The Morgan fingerprint density at radius 2 is 1.15 bits per heavy atom. The van der Waals surface area contributed by atoms with Crippen LogP contribution in [-0.2, 0) is 0 Å². The third-order valence-electron chi connectivity index (χ3n) is 8.31. The Bertz CT molecular complexity index is 2380. The average molecular weight is 527 g/mol. The Morgan fingerprint density at radius 3 is 1.93 bits per heavy atom. The summed E-state index contributed by atoms with van der Waals surface area (Å²) in [5, 5.41) is 13.3. The lowest BCUT2D eigenvalue weighted by atomic mass is 9.84. The van der Waals surface area contributed by atoms with Crippen LogP contribution in [0.4, 0.5) is 0 Å². The number of benzene rings is 7. The SMILES string of the molecule is c1ccc2cc(-c3c4ccccc4c(-c4cccc5oc6cc7sccc7cc6c45)c4ccccc34)ccc2c1. The summed E-state index contributed by atoms with van der Waals surface area (Å²) in [7, 11) is 0. The second-order valence-electron chi connectivity index (χ2n) is 10.5. The van der Waals surface area contributed by atoms with E-state index < -0.39 is 0 Å². The predicted molar refractivity (Wildman–Crippen MR) is 172 cm³/mol. The van der Waals surface area contributed by atoms with Crippen LogP contribution in [0.15, 0.2) is 137 Å². The smallest absolute Gasteiger partial charge is 0.136 e. The molecule has 0 aliphatic rings. The zero-order chi connectivity index (χ0) is 26.2. The summed E-state index contributed by atoms with van der Waals surface area (Å²) < 4.78 is 7.71. The van der Waals surface area contributed by atoms with Gasteiger partial charge >= 0.3 is 0 Å². The van der Waals surface area contributed by atoms with E-state index >= 15 is 0 Å². The second-order valence-corrected chi connectivity index (χ2v) is 11.4. The van der Waals surface area contributed by atoms with Crippen LogP contribution in [-0.4, -0.2) is 0 Å². The topological polar surface area (TPSA) is 13.1 Å². The van der Waals surface area contributed by atoms with Crippen LogP contribution in [0.1, 0.15) is 0 Å². The molecule has 0 saturated heterocycles. The number of fused-ring (bicyclic) bond motifs is 7. The number of rotatable bonds is 2. The van der Waals surface area contributed by atoms with E-state index in [1.165, 1.54) is 75.4 Å². The van der Waals surface area contributed by atoms with Crippen molar-refractivity contribution in [3.8, 4) is 22.3 Å². The van der Waals surface area contributed by atoms with E-state index in [1.54, 1.807) is 11.3 Å². The largest absolute Gasteiger partial charge is 0.456 e. The third kappa shape index (κ3) is 3.08. The molecule has 9 rings (SSSR count). The van der Waals surface area contributed by atoms with Gasteiger partial charge in [0, 0.05) is 15.5 Å². The minimum atomic E-state index is 0.928. The molecular weight excluding hydrogens is 504 g/mol. The van der Waals surface area contributed by atoms with Gasteiger partial charge in [-0.05, 0) is 95.7 Å². The molecule has 186 valence electrons. The first kappa shape index (κ1) is 22.0. The number of hydrogen-bond donors (Lipinski definition) is 0. The van der Waals surface area contributed by atoms with Crippen LogP contribution < -0.4 is 0 Å². The third-order valence-corrected chi connectivity index (χ3v) is 9.19. The van der Waals surface area contributed by atoms with Crippen LogP contribution in [0.3, 0.4) is 0 Å². The van der Waals surface area contributed by atoms with Crippen molar-refractivity contribution in [3.63, 3.8) is 0 Å². The molecule has 40 heavy (non-hydrogen) atoms. The lowest BCUT2D eigenvalue weighted by Crippen LogP contribution is -1.91. The summed E-state index contributed by atoms with van der Waals surface area (Å²) in [6.45, 7) is 0. The Balaban J connectivity index is 1.44. The minimum absolute atomic E-state index is 0.928. The van der Waals surface area contributed by atoms with Crippen LogP contribution >= 0.6 is 11.3 Å². The Morgan fingerprint density at radius 1 is 0.450 bits per heavy atom. The molecule has 0 bridgehead atoms. The van der Waals surface area contributed by atoms with Gasteiger partial charge in [-0.3, -0.25) is 0 Å². The molecule has 2 heteroatoms. The molecular formula is C38H22OS. The van der Waals surface area contributed by atoms with Gasteiger partial charge < -0.3 is 4.42 Å². The van der Waals surface area contributed by atoms with Crippen molar-refractivity contribution in [1.82, 2.24) is 0 Å². The molecule has 0 unspecified atom stereocenters. The maximum absolute atomic E-state index is 6.46. The fraction of sp³-hybridized carbons (Fsp3) is 0. The standard InChI is InChI=1S/C38H22OS/c1-2-9-24-20-26(17-16-23(24)8-1)36-27-10-3-5-12-29(27)37(30-13-6-4-11-28(30)36)31-14-7-15-33-38(31)32-21-25-18-19-40-35(25)22-34(32)39-33/h1-22H. The Labute approximate surface area is 234 Å². The molecule has 2 aromatic heterocycles. The van der Waals surface area contributed by atoms with E-state index in [0.29, 0.717) is 0 Å². The summed E-state index contributed by atoms with van der Waals surface area (Å²) in [5.41, 5.74) is 6.86. The summed E-state index contributed by atoms with van der Waals surface area (Å²) in [6, 6.07) is 46.4. The van der Waals surface area contributed by atoms with Crippen molar-refractivity contribution in [2.24, 2.45) is 0 Å². The fourth-order valence-electron chi connectivity index (χ4n) is 6.57. The predicted octanol–water partition coefficient (Wildman–Crippen LogP) is 11.6. The lowest BCUT2D eigenvalue weighted by molar-refractivity contribution is 0.669. The quantitative estimate of drug-likeness (QED) is 0.204. The van der Waals surface area contributed by atoms with Gasteiger partial charge in [0.2, 0.25) is 0 Å². The van der Waals surface area contributed by atoms with E-state index in [9.17, 15) is 0 Å². The normalized spacial score (nSPS) is 12.0. The molecule has 0 aliphatic carbocycles. The first-order valence-corrected chi connectivity index (χ1v) is 14.5. The van der Waals surface area contributed by atoms with Gasteiger partial charge in [-0.1, -0.05) is 97.1 Å². The average Bonchev–Trinajstić information content (AvgIpc) is 3.62. The molecule has 0 spiro atoms. The van der Waals surface area contributed by atoms with Crippen molar-refractivity contribution in [3.05, 3.63) is 133 Å². The molecule has 0 aliphatic heterocycles. The number of thiophene rings is 1. The maximum Gasteiger partial charge on any atom is 0.136 e. The van der Waals surface area contributed by atoms with Crippen LogP contribution in [0, 0.1) is 0 Å². The lowest BCUT2D eigenvalue weighted by Gasteiger charge is -2.18. The zero-order valence-electron chi connectivity index (χ0n) is 21.5. The van der Waals surface area contributed by atoms with Gasteiger partial charge in [0.1, 0.15) is 11.2 Å². The van der Waals surface area contributed by atoms with Crippen LogP contribution in [0.5, 0.6) is 0 Å². The highest BCUT2D eigenvalue weighted by molar-refractivity contribution is 7.17. The zero-order valence-corrected chi connectivity index (χ0v) is 22.3. The van der Waals surface area contributed by atoms with Gasteiger partial charge in [0.25, 0.3) is 0 Å². The molecule has 7 aromatic carbocycles. The van der Waals surface area contributed by atoms with Crippen LogP contribution in [0.25, 0.3) is 86.6 Å². The number of hydrogen-bond acceptors (Lipinski definition) is 2. The highest BCUT2D eigenvalue weighted by Gasteiger charge is 2.20. The van der Waals surface area contributed by atoms with Crippen LogP contribution in [0.2, 0.25) is 0 Å². The summed E-state index contributed by atoms with van der Waals surface area (Å²) >= 11 is 1.76. The van der Waals surface area contributed by atoms with Crippen molar-refractivity contribution in [2.45, 2.75) is 0 Å². The maximum atomic E-state index is 6.46. The minimum Gasteiger partial charge on any atom is -0.456 e. The number of furan rings is 1. The highest BCUT2D eigenvalue weighted by atomic mass is 32.1. The van der Waals surface area contributed by atoms with Crippen molar-refractivity contribution >= 4 is 75.7 Å². The summed E-state index contributed by atoms with van der Waals surface area (Å²) in [4.78, 5) is 0. The Hall–Kier alpha value is -4.92. The molecule has 0 atom stereocenters. The monoisotopic (exact) mass is 526 g/mol. The molecule has 0 fully saturated rings. The van der Waals surface area contributed by atoms with Gasteiger partial charge in [-0.25, -0.2) is 0 Å². The van der Waals surface area contributed by atoms with E-state index in [1.807, 2.05) is 0 Å². The van der Waals surface area contributed by atoms with E-state index in [0.717, 1.165) is 11.2 Å². The van der Waals surface area contributed by atoms with Gasteiger partial charge in [-0.15, -0.1) is 11.3 Å². The van der Waals surface area contributed by atoms with Gasteiger partial charge in [0.15, 0.2) is 0 Å². The molecule has 0 radical (unpaired) electrons. The molecule has 1 nitrogen and oxygen atoms in total. The fourth-order valence-corrected chi connectivity index (χ4v) is 7.37. The molecule has 9 aromatic rings. The summed E-state index contributed by atoms with van der Waals surface area (Å²) in [6.07, 6.45) is 0. The molecule has 0 N–H and O–H groups in total. The van der Waals surface area contributed by atoms with E-state index in [4.69, 9.17) is 4.42 Å². The van der Waals surface area contributed by atoms with Gasteiger partial charge in [0.05, 0.1) is 0 Å². The summed E-state index contributed by atoms with van der Waals surface area (Å²) in [5.74, 6) is 0. The first-order chi connectivity index (χ1) is 19.8. The molecule has 2 heterocycles. The Kier molecular flexibility index (Phi) is 4.55. The second kappa shape index (κ2) is 8.29. The molecule has 0 amide bonds. The highest BCUT2D eigenvalue weighted by Crippen LogP contribution is 2.47. The van der Waals surface area contributed by atoms with Crippen molar-refractivity contribution in [2.75, 3.05) is 0 Å². The van der Waals surface area contributed by atoms with Gasteiger partial charge in [-0.2, -0.15) is 0 Å². The van der Waals surface area contributed by atoms with E-state index in [-0.39, 0.29) is 0 Å². The van der Waals surface area contributed by atoms with Crippen molar-refractivity contribution < 1.29 is 4.42 Å².